The molecule has 4 aromatic rings. The Morgan fingerprint density at radius 2 is 1.93 bits per heavy atom. The normalized spacial score (nSPS) is 11.0. The van der Waals surface area contributed by atoms with E-state index < -0.39 is 0 Å². The molecule has 0 aliphatic carbocycles. The maximum absolute atomic E-state index is 12.8. The Kier molecular flexibility index (Phi) is 5.58. The maximum atomic E-state index is 12.8. The Morgan fingerprint density at radius 1 is 1.10 bits per heavy atom. The molecular weight excluding hydrogens is 384 g/mol. The number of carbonyl (C=O) groups excluding carboxylic acids is 1. The highest BCUT2D eigenvalue weighted by Gasteiger charge is 2.17. The Morgan fingerprint density at radius 3 is 2.69 bits per heavy atom. The van der Waals surface area contributed by atoms with E-state index in [-0.39, 0.29) is 5.91 Å². The number of hydrogen-bond acceptors (Lipinski definition) is 3. The standard InChI is InChI=1S/C23H21ClN4O/c1-16-4-6-18(7-5-16)15-28-21-9-8-19(24)13-20(21)22(27-28)23(29)26-12-10-17-3-2-11-25-14-17/h2-9,11,13-14H,10,12,15H2,1H3,(H,26,29). The summed E-state index contributed by atoms with van der Waals surface area (Å²) in [6, 6.07) is 17.7. The minimum Gasteiger partial charge on any atom is -0.350 e. The van der Waals surface area contributed by atoms with Crippen molar-refractivity contribution >= 4 is 28.4 Å². The van der Waals surface area contributed by atoms with Crippen molar-refractivity contribution in [2.45, 2.75) is 19.9 Å². The largest absolute Gasteiger partial charge is 0.350 e. The second-order valence-electron chi connectivity index (χ2n) is 7.02. The molecule has 2 heterocycles. The highest BCUT2D eigenvalue weighted by atomic mass is 35.5. The molecule has 0 atom stereocenters. The van der Waals surface area contributed by atoms with Crippen molar-refractivity contribution in [2.75, 3.05) is 6.54 Å². The molecule has 0 bridgehead atoms. The van der Waals surface area contributed by atoms with Gasteiger partial charge in [0, 0.05) is 29.3 Å². The molecule has 2 aromatic heterocycles. The molecule has 5 nitrogen and oxygen atoms in total. The molecule has 146 valence electrons. The van der Waals surface area contributed by atoms with Crippen LogP contribution in [0.3, 0.4) is 0 Å². The molecule has 0 fully saturated rings. The summed E-state index contributed by atoms with van der Waals surface area (Å²) >= 11 is 6.19. The van der Waals surface area contributed by atoms with Crippen LogP contribution in [0, 0.1) is 6.92 Å². The SMILES string of the molecule is Cc1ccc(Cn2nc(C(=O)NCCc3cccnc3)c3cc(Cl)ccc32)cc1. The van der Waals surface area contributed by atoms with Crippen LogP contribution in [0.5, 0.6) is 0 Å². The molecule has 29 heavy (non-hydrogen) atoms. The number of benzene rings is 2. The van der Waals surface area contributed by atoms with E-state index in [1.165, 1.54) is 5.56 Å². The monoisotopic (exact) mass is 404 g/mol. The molecule has 1 amide bonds. The van der Waals surface area contributed by atoms with E-state index in [2.05, 4.69) is 46.6 Å². The van der Waals surface area contributed by atoms with E-state index in [0.717, 1.165) is 22.0 Å². The second kappa shape index (κ2) is 8.45. The van der Waals surface area contributed by atoms with Gasteiger partial charge in [-0.3, -0.25) is 14.5 Å². The first-order chi connectivity index (χ1) is 14.1. The maximum Gasteiger partial charge on any atom is 0.272 e. The minimum atomic E-state index is -0.205. The molecule has 0 unspecified atom stereocenters. The number of rotatable bonds is 6. The van der Waals surface area contributed by atoms with Crippen LogP contribution in [0.25, 0.3) is 10.9 Å². The zero-order chi connectivity index (χ0) is 20.2. The lowest BCUT2D eigenvalue weighted by molar-refractivity contribution is 0.0950. The van der Waals surface area contributed by atoms with Crippen LogP contribution < -0.4 is 5.32 Å². The number of aromatic nitrogens is 3. The molecule has 0 radical (unpaired) electrons. The summed E-state index contributed by atoms with van der Waals surface area (Å²) < 4.78 is 1.85. The summed E-state index contributed by atoms with van der Waals surface area (Å²) in [5.74, 6) is -0.205. The summed E-state index contributed by atoms with van der Waals surface area (Å²) in [6.45, 7) is 3.15. The third-order valence-corrected chi connectivity index (χ3v) is 5.04. The van der Waals surface area contributed by atoms with Crippen LogP contribution in [-0.2, 0) is 13.0 Å². The highest BCUT2D eigenvalue weighted by molar-refractivity contribution is 6.31. The van der Waals surface area contributed by atoms with Crippen LogP contribution in [0.15, 0.2) is 67.0 Å². The van der Waals surface area contributed by atoms with Crippen molar-refractivity contribution in [3.63, 3.8) is 0 Å². The fourth-order valence-electron chi connectivity index (χ4n) is 3.26. The fourth-order valence-corrected chi connectivity index (χ4v) is 3.43. The number of nitrogens with one attached hydrogen (secondary N) is 1. The summed E-state index contributed by atoms with van der Waals surface area (Å²) in [5, 5.41) is 8.90. The van der Waals surface area contributed by atoms with E-state index in [0.29, 0.717) is 30.2 Å². The van der Waals surface area contributed by atoms with Crippen LogP contribution in [-0.4, -0.2) is 27.2 Å². The van der Waals surface area contributed by atoms with E-state index in [1.807, 2.05) is 28.9 Å². The van der Waals surface area contributed by atoms with Crippen molar-refractivity contribution in [2.24, 2.45) is 0 Å². The topological polar surface area (TPSA) is 59.8 Å². The number of hydrogen-bond donors (Lipinski definition) is 1. The van der Waals surface area contributed by atoms with Gasteiger partial charge in [0.1, 0.15) is 0 Å². The number of aryl methyl sites for hydroxylation is 1. The Balaban J connectivity index is 1.57. The zero-order valence-electron chi connectivity index (χ0n) is 16.1. The zero-order valence-corrected chi connectivity index (χ0v) is 16.9. The Bertz CT molecular complexity index is 1140. The number of fused-ring (bicyclic) bond motifs is 1. The predicted octanol–water partition coefficient (Wildman–Crippen LogP) is 4.41. The lowest BCUT2D eigenvalue weighted by Crippen LogP contribution is -2.26. The van der Waals surface area contributed by atoms with Gasteiger partial charge in [-0.15, -0.1) is 0 Å². The number of amides is 1. The number of carbonyl (C=O) groups is 1. The van der Waals surface area contributed by atoms with Gasteiger partial charge in [-0.2, -0.15) is 5.10 Å². The molecular formula is C23H21ClN4O. The molecule has 0 saturated carbocycles. The van der Waals surface area contributed by atoms with Crippen molar-refractivity contribution in [1.82, 2.24) is 20.1 Å². The summed E-state index contributed by atoms with van der Waals surface area (Å²) in [7, 11) is 0. The molecule has 0 saturated heterocycles. The van der Waals surface area contributed by atoms with Crippen LogP contribution in [0.1, 0.15) is 27.2 Å². The van der Waals surface area contributed by atoms with Gasteiger partial charge in [0.2, 0.25) is 0 Å². The van der Waals surface area contributed by atoms with E-state index in [1.54, 1.807) is 18.5 Å². The molecule has 4 rings (SSSR count). The summed E-state index contributed by atoms with van der Waals surface area (Å²) in [4.78, 5) is 16.9. The van der Waals surface area contributed by atoms with Gasteiger partial charge in [0.15, 0.2) is 5.69 Å². The van der Waals surface area contributed by atoms with Crippen LogP contribution in [0.4, 0.5) is 0 Å². The smallest absolute Gasteiger partial charge is 0.272 e. The second-order valence-corrected chi connectivity index (χ2v) is 7.46. The number of pyridine rings is 1. The van der Waals surface area contributed by atoms with Gasteiger partial charge in [-0.1, -0.05) is 47.5 Å². The minimum absolute atomic E-state index is 0.205. The molecule has 0 aliphatic heterocycles. The van der Waals surface area contributed by atoms with Gasteiger partial charge < -0.3 is 5.32 Å². The number of nitrogens with zero attached hydrogens (tertiary/aromatic N) is 3. The quantitative estimate of drug-likeness (QED) is 0.517. The van der Waals surface area contributed by atoms with E-state index in [9.17, 15) is 4.79 Å². The molecule has 1 N–H and O–H groups in total. The Hall–Kier alpha value is -3.18. The van der Waals surface area contributed by atoms with E-state index in [4.69, 9.17) is 11.6 Å². The van der Waals surface area contributed by atoms with Gasteiger partial charge >= 0.3 is 0 Å². The number of halogens is 1. The Labute approximate surface area is 174 Å². The lowest BCUT2D eigenvalue weighted by atomic mass is 10.1. The van der Waals surface area contributed by atoms with Crippen LogP contribution >= 0.6 is 11.6 Å². The van der Waals surface area contributed by atoms with Crippen molar-refractivity contribution in [3.05, 3.63) is 94.4 Å². The van der Waals surface area contributed by atoms with Gasteiger partial charge in [0.25, 0.3) is 5.91 Å². The van der Waals surface area contributed by atoms with Gasteiger partial charge in [-0.05, 0) is 48.7 Å². The third kappa shape index (κ3) is 4.46. The first kappa shape index (κ1) is 19.2. The van der Waals surface area contributed by atoms with E-state index >= 15 is 0 Å². The molecule has 0 spiro atoms. The molecule has 0 aliphatic rings. The average Bonchev–Trinajstić information content (AvgIpc) is 3.08. The van der Waals surface area contributed by atoms with Crippen molar-refractivity contribution < 1.29 is 4.79 Å². The molecule has 2 aromatic carbocycles. The third-order valence-electron chi connectivity index (χ3n) is 4.80. The molecule has 6 heteroatoms. The highest BCUT2D eigenvalue weighted by Crippen LogP contribution is 2.24. The lowest BCUT2D eigenvalue weighted by Gasteiger charge is -2.05. The summed E-state index contributed by atoms with van der Waals surface area (Å²) in [6.07, 6.45) is 4.25. The first-order valence-corrected chi connectivity index (χ1v) is 9.86. The fraction of sp³-hybridized carbons (Fsp3) is 0.174. The predicted molar refractivity (Wildman–Crippen MR) is 115 cm³/mol. The van der Waals surface area contributed by atoms with Gasteiger partial charge in [0.05, 0.1) is 12.1 Å². The average molecular weight is 405 g/mol. The van der Waals surface area contributed by atoms with Crippen LogP contribution in [0.2, 0.25) is 5.02 Å². The van der Waals surface area contributed by atoms with Crippen molar-refractivity contribution in [1.29, 1.82) is 0 Å². The first-order valence-electron chi connectivity index (χ1n) is 9.49. The summed E-state index contributed by atoms with van der Waals surface area (Å²) in [5.41, 5.74) is 4.68. The van der Waals surface area contributed by atoms with Gasteiger partial charge in [-0.25, -0.2) is 0 Å². The van der Waals surface area contributed by atoms with Crippen molar-refractivity contribution in [3.8, 4) is 0 Å².